The number of amides is 4. The molecular weight excluding hydrogens is 387 g/mol. The third kappa shape index (κ3) is 4.47. The largest absolute Gasteiger partial charge is 0.361 e. The maximum atomic E-state index is 13.5. The first-order chi connectivity index (χ1) is 14.5. The van der Waals surface area contributed by atoms with Gasteiger partial charge < -0.3 is 15.6 Å². The van der Waals surface area contributed by atoms with E-state index >= 15 is 0 Å². The summed E-state index contributed by atoms with van der Waals surface area (Å²) in [7, 11) is 0. The van der Waals surface area contributed by atoms with Crippen molar-refractivity contribution in [1.82, 2.24) is 20.5 Å². The van der Waals surface area contributed by atoms with Crippen LogP contribution in [0.3, 0.4) is 0 Å². The quantitative estimate of drug-likeness (QED) is 0.608. The highest BCUT2D eigenvalue weighted by molar-refractivity contribution is 6.04. The van der Waals surface area contributed by atoms with Crippen LogP contribution in [0.25, 0.3) is 10.9 Å². The molecule has 160 valence electrons. The molecular formula is C22H27FN4O3. The van der Waals surface area contributed by atoms with E-state index in [0.717, 1.165) is 42.1 Å². The van der Waals surface area contributed by atoms with Crippen molar-refractivity contribution >= 4 is 28.7 Å². The van der Waals surface area contributed by atoms with E-state index in [0.29, 0.717) is 6.42 Å². The number of nitrogens with zero attached hydrogens (tertiary/aromatic N) is 1. The van der Waals surface area contributed by atoms with Crippen LogP contribution >= 0.6 is 0 Å². The minimum absolute atomic E-state index is 0.0665. The number of urea groups is 1. The smallest absolute Gasteiger partial charge is 0.324 e. The zero-order chi connectivity index (χ0) is 21.1. The molecule has 2 aliphatic rings. The van der Waals surface area contributed by atoms with Crippen molar-refractivity contribution in [3.05, 3.63) is 35.8 Å². The fourth-order valence-corrected chi connectivity index (χ4v) is 4.40. The first-order valence-corrected chi connectivity index (χ1v) is 10.7. The van der Waals surface area contributed by atoms with E-state index < -0.39 is 12.1 Å². The van der Waals surface area contributed by atoms with Crippen molar-refractivity contribution in [3.63, 3.8) is 0 Å². The van der Waals surface area contributed by atoms with Crippen LogP contribution in [0.15, 0.2) is 24.4 Å². The highest BCUT2D eigenvalue weighted by Crippen LogP contribution is 2.21. The number of carbonyl (C=O) groups excluding carboxylic acids is 3. The Kier molecular flexibility index (Phi) is 6.01. The second kappa shape index (κ2) is 8.85. The zero-order valence-electron chi connectivity index (χ0n) is 16.9. The van der Waals surface area contributed by atoms with E-state index in [1.165, 1.54) is 23.5 Å². The van der Waals surface area contributed by atoms with E-state index in [2.05, 4.69) is 15.6 Å². The molecule has 8 heteroatoms. The Labute approximate surface area is 174 Å². The van der Waals surface area contributed by atoms with Crippen molar-refractivity contribution in [2.45, 2.75) is 63.5 Å². The van der Waals surface area contributed by atoms with Crippen molar-refractivity contribution in [2.24, 2.45) is 0 Å². The number of hydrogen-bond acceptors (Lipinski definition) is 3. The molecule has 4 amide bonds. The molecule has 0 bridgehead atoms. The summed E-state index contributed by atoms with van der Waals surface area (Å²) in [5.74, 6) is -0.704. The number of H-pyrrole nitrogens is 1. The first-order valence-electron chi connectivity index (χ1n) is 10.7. The van der Waals surface area contributed by atoms with Crippen LogP contribution in [-0.4, -0.2) is 46.4 Å². The normalized spacial score (nSPS) is 20.0. The van der Waals surface area contributed by atoms with Gasteiger partial charge in [0.25, 0.3) is 5.91 Å². The lowest BCUT2D eigenvalue weighted by Gasteiger charge is -2.22. The van der Waals surface area contributed by atoms with Crippen molar-refractivity contribution in [1.29, 1.82) is 0 Å². The molecule has 30 heavy (non-hydrogen) atoms. The van der Waals surface area contributed by atoms with E-state index in [9.17, 15) is 18.8 Å². The fraction of sp³-hybridized carbons (Fsp3) is 0.500. The highest BCUT2D eigenvalue weighted by atomic mass is 19.1. The summed E-state index contributed by atoms with van der Waals surface area (Å²) in [6.45, 7) is 0.207. The maximum Gasteiger partial charge on any atom is 0.324 e. The molecule has 4 rings (SSSR count). The molecule has 2 heterocycles. The Balaban J connectivity index is 1.29. The van der Waals surface area contributed by atoms with Gasteiger partial charge in [-0.3, -0.25) is 14.5 Å². The Morgan fingerprint density at radius 1 is 1.20 bits per heavy atom. The number of rotatable bonds is 7. The van der Waals surface area contributed by atoms with Gasteiger partial charge in [-0.25, -0.2) is 9.18 Å². The summed E-state index contributed by atoms with van der Waals surface area (Å²) < 4.78 is 13.5. The van der Waals surface area contributed by atoms with Gasteiger partial charge in [0.2, 0.25) is 5.91 Å². The van der Waals surface area contributed by atoms with E-state index in [4.69, 9.17) is 0 Å². The van der Waals surface area contributed by atoms with Gasteiger partial charge in [-0.2, -0.15) is 0 Å². The lowest BCUT2D eigenvalue weighted by atomic mass is 9.95. The lowest BCUT2D eigenvalue weighted by molar-refractivity contribution is -0.127. The van der Waals surface area contributed by atoms with E-state index in [1.807, 2.05) is 0 Å². The van der Waals surface area contributed by atoms with E-state index in [-0.39, 0.29) is 43.1 Å². The molecule has 1 saturated carbocycles. The summed E-state index contributed by atoms with van der Waals surface area (Å²) in [6.07, 6.45) is 8.22. The lowest BCUT2D eigenvalue weighted by Crippen LogP contribution is -2.38. The van der Waals surface area contributed by atoms with Crippen LogP contribution in [-0.2, 0) is 16.0 Å². The Morgan fingerprint density at radius 3 is 2.80 bits per heavy atom. The fourth-order valence-electron chi connectivity index (χ4n) is 4.40. The molecule has 1 aliphatic carbocycles. The molecule has 0 spiro atoms. The molecule has 1 atom stereocenters. The second-order valence-corrected chi connectivity index (χ2v) is 8.19. The average Bonchev–Trinajstić information content (AvgIpc) is 3.25. The number of halogens is 1. The van der Waals surface area contributed by atoms with Gasteiger partial charge in [0.05, 0.1) is 0 Å². The van der Waals surface area contributed by atoms with Gasteiger partial charge in [0, 0.05) is 36.1 Å². The Hall–Kier alpha value is -2.90. The van der Waals surface area contributed by atoms with Crippen LogP contribution in [0.2, 0.25) is 0 Å². The van der Waals surface area contributed by atoms with Crippen molar-refractivity contribution in [2.75, 3.05) is 6.54 Å². The minimum atomic E-state index is -0.671. The highest BCUT2D eigenvalue weighted by Gasteiger charge is 2.37. The molecule has 3 N–H and O–H groups in total. The summed E-state index contributed by atoms with van der Waals surface area (Å²) in [5, 5.41) is 6.46. The monoisotopic (exact) mass is 414 g/mol. The average molecular weight is 414 g/mol. The Bertz CT molecular complexity index is 951. The molecule has 7 nitrogen and oxygen atoms in total. The maximum absolute atomic E-state index is 13.5. The number of carbonyl (C=O) groups is 3. The molecule has 1 aromatic heterocycles. The number of fused-ring (bicyclic) bond motifs is 1. The predicted molar refractivity (Wildman–Crippen MR) is 110 cm³/mol. The van der Waals surface area contributed by atoms with Gasteiger partial charge in [0.15, 0.2) is 0 Å². The van der Waals surface area contributed by atoms with Crippen LogP contribution in [0, 0.1) is 5.82 Å². The number of imide groups is 1. The number of benzene rings is 1. The molecule has 0 radical (unpaired) electrons. The van der Waals surface area contributed by atoms with Gasteiger partial charge in [-0.15, -0.1) is 0 Å². The topological polar surface area (TPSA) is 94.3 Å². The third-order valence-corrected chi connectivity index (χ3v) is 6.07. The van der Waals surface area contributed by atoms with Gasteiger partial charge in [0.1, 0.15) is 11.9 Å². The molecule has 2 aromatic rings. The number of nitrogens with one attached hydrogen (secondary N) is 3. The molecule has 1 aromatic carbocycles. The van der Waals surface area contributed by atoms with Gasteiger partial charge in [-0.1, -0.05) is 19.3 Å². The van der Waals surface area contributed by atoms with Crippen LogP contribution in [0.1, 0.15) is 50.5 Å². The minimum Gasteiger partial charge on any atom is -0.361 e. The second-order valence-electron chi connectivity index (χ2n) is 8.19. The summed E-state index contributed by atoms with van der Waals surface area (Å²) in [5.41, 5.74) is 1.66. The van der Waals surface area contributed by atoms with Crippen LogP contribution in [0.5, 0.6) is 0 Å². The van der Waals surface area contributed by atoms with Crippen molar-refractivity contribution < 1.29 is 18.8 Å². The third-order valence-electron chi connectivity index (χ3n) is 6.07. The summed E-state index contributed by atoms with van der Waals surface area (Å²) in [4.78, 5) is 41.3. The first kappa shape index (κ1) is 20.4. The van der Waals surface area contributed by atoms with Gasteiger partial charge in [-0.05, 0) is 49.4 Å². The Morgan fingerprint density at radius 2 is 2.00 bits per heavy atom. The number of aromatic amines is 1. The van der Waals surface area contributed by atoms with Gasteiger partial charge >= 0.3 is 6.03 Å². The predicted octanol–water partition coefficient (Wildman–Crippen LogP) is 3.00. The van der Waals surface area contributed by atoms with Crippen LogP contribution in [0.4, 0.5) is 9.18 Å². The molecule has 1 aliphatic heterocycles. The molecule has 2 fully saturated rings. The standard InChI is InChI=1S/C22H27FN4O3/c23-15-6-7-18-17(12-15)14(13-24-18)10-11-27-21(29)19(26-22(27)30)8-9-20(28)25-16-4-2-1-3-5-16/h6-7,12-13,16,19,24H,1-5,8-11H2,(H,25,28)(H,26,30)/t19-/m0/s1. The molecule has 1 saturated heterocycles. The zero-order valence-corrected chi connectivity index (χ0v) is 16.9. The van der Waals surface area contributed by atoms with Crippen molar-refractivity contribution in [3.8, 4) is 0 Å². The number of aromatic nitrogens is 1. The van der Waals surface area contributed by atoms with Crippen LogP contribution < -0.4 is 10.6 Å². The summed E-state index contributed by atoms with van der Waals surface area (Å²) >= 11 is 0. The summed E-state index contributed by atoms with van der Waals surface area (Å²) in [6, 6.07) is 3.61. The molecule has 0 unspecified atom stereocenters. The number of hydrogen-bond donors (Lipinski definition) is 3. The van der Waals surface area contributed by atoms with E-state index in [1.54, 1.807) is 12.3 Å². The SMILES string of the molecule is O=C(CC[C@@H]1NC(=O)N(CCc2c[nH]c3ccc(F)cc23)C1=O)NC1CCCCC1.